The van der Waals surface area contributed by atoms with Gasteiger partial charge in [0.2, 0.25) is 0 Å². The molecule has 8 nitrogen and oxygen atoms in total. The average Bonchev–Trinajstić information content (AvgIpc) is 3.37. The van der Waals surface area contributed by atoms with E-state index in [1.807, 2.05) is 0 Å². The number of anilines is 1. The zero-order chi connectivity index (χ0) is 21.3. The summed E-state index contributed by atoms with van der Waals surface area (Å²) in [5.74, 6) is -1.79. The Balaban J connectivity index is 1.94. The zero-order valence-corrected chi connectivity index (χ0v) is 16.7. The number of rotatable bonds is 5. The largest absolute Gasteiger partial charge is 0.507 e. The number of carbonyl (C=O) groups is 2. The third-order valence-corrected chi connectivity index (χ3v) is 5.39. The Morgan fingerprint density at radius 1 is 1.20 bits per heavy atom. The molecule has 0 radical (unpaired) electrons. The first kappa shape index (κ1) is 19.6. The molecule has 0 spiro atoms. The molecule has 1 saturated heterocycles. The van der Waals surface area contributed by atoms with Gasteiger partial charge in [0.05, 0.1) is 18.2 Å². The molecule has 3 aromatic rings. The summed E-state index contributed by atoms with van der Waals surface area (Å²) >= 11 is 1.20. The lowest BCUT2D eigenvalue weighted by Gasteiger charge is -2.23. The number of pyridine rings is 1. The number of nitrogens with zero attached hydrogens (tertiary/aromatic N) is 3. The molecule has 152 valence electrons. The van der Waals surface area contributed by atoms with Crippen molar-refractivity contribution in [3.05, 3.63) is 71.0 Å². The van der Waals surface area contributed by atoms with Crippen LogP contribution in [0.25, 0.3) is 5.76 Å². The van der Waals surface area contributed by atoms with Gasteiger partial charge in [0.25, 0.3) is 5.78 Å². The third kappa shape index (κ3) is 3.29. The maximum Gasteiger partial charge on any atom is 0.301 e. The van der Waals surface area contributed by atoms with E-state index in [0.717, 1.165) is 0 Å². The first-order chi connectivity index (χ1) is 14.5. The van der Waals surface area contributed by atoms with Gasteiger partial charge < -0.3 is 14.9 Å². The van der Waals surface area contributed by atoms with Crippen LogP contribution >= 0.6 is 11.3 Å². The van der Waals surface area contributed by atoms with Crippen molar-refractivity contribution in [1.29, 1.82) is 0 Å². The van der Waals surface area contributed by atoms with Crippen LogP contribution in [-0.4, -0.2) is 38.5 Å². The summed E-state index contributed by atoms with van der Waals surface area (Å²) in [4.78, 5) is 35.2. The number of aliphatic hydroxyl groups excluding tert-OH is 1. The topological polar surface area (TPSA) is 113 Å². The van der Waals surface area contributed by atoms with Crippen LogP contribution in [0.4, 0.5) is 5.13 Å². The standard InChI is InChI=1S/C21H17N3O5S/c1-2-29-15-11-13(3-4-14(15)25)17-16(18(26)12-5-7-22-8-6-12)19(27)20(28)24(17)21-23-9-10-30-21/h3-11,17,25-26H,2H2,1H3. The van der Waals surface area contributed by atoms with Crippen LogP contribution in [0, 0.1) is 0 Å². The highest BCUT2D eigenvalue weighted by atomic mass is 32.1. The van der Waals surface area contributed by atoms with Crippen molar-refractivity contribution < 1.29 is 24.5 Å². The van der Waals surface area contributed by atoms with E-state index in [-0.39, 0.29) is 22.8 Å². The van der Waals surface area contributed by atoms with Gasteiger partial charge in [-0.2, -0.15) is 0 Å². The molecule has 0 saturated carbocycles. The Morgan fingerprint density at radius 2 is 1.97 bits per heavy atom. The molecule has 1 atom stereocenters. The highest BCUT2D eigenvalue weighted by molar-refractivity contribution is 7.14. The Labute approximate surface area is 175 Å². The van der Waals surface area contributed by atoms with Crippen LogP contribution in [0.3, 0.4) is 0 Å². The SMILES string of the molecule is CCOc1cc(C2C(=C(O)c3ccncc3)C(=O)C(=O)N2c2nccs2)ccc1O. The summed E-state index contributed by atoms with van der Waals surface area (Å²) in [7, 11) is 0. The second-order valence-corrected chi connectivity index (χ2v) is 7.25. The van der Waals surface area contributed by atoms with E-state index < -0.39 is 17.7 Å². The number of ketones is 1. The van der Waals surface area contributed by atoms with E-state index in [1.165, 1.54) is 40.9 Å². The van der Waals surface area contributed by atoms with E-state index in [0.29, 0.717) is 22.9 Å². The monoisotopic (exact) mass is 423 g/mol. The molecule has 1 aromatic carbocycles. The van der Waals surface area contributed by atoms with E-state index in [1.54, 1.807) is 36.6 Å². The Hall–Kier alpha value is -3.72. The smallest absolute Gasteiger partial charge is 0.301 e. The molecule has 4 rings (SSSR count). The molecule has 0 aliphatic carbocycles. The summed E-state index contributed by atoms with van der Waals surface area (Å²) in [5.41, 5.74) is 0.770. The molecule has 9 heteroatoms. The van der Waals surface area contributed by atoms with Crippen molar-refractivity contribution in [3.63, 3.8) is 0 Å². The second kappa shape index (κ2) is 7.96. The average molecular weight is 423 g/mol. The number of thiazole rings is 1. The maximum atomic E-state index is 13.0. The normalized spacial score (nSPS) is 18.0. The number of aromatic hydroxyl groups is 1. The molecule has 3 heterocycles. The fourth-order valence-electron chi connectivity index (χ4n) is 3.32. The lowest BCUT2D eigenvalue weighted by atomic mass is 9.95. The molecule has 2 N–H and O–H groups in total. The number of benzene rings is 1. The lowest BCUT2D eigenvalue weighted by molar-refractivity contribution is -0.132. The number of phenolic OH excluding ortho intramolecular Hbond substituents is 1. The molecule has 1 amide bonds. The number of aromatic nitrogens is 2. The highest BCUT2D eigenvalue weighted by Gasteiger charge is 2.48. The summed E-state index contributed by atoms with van der Waals surface area (Å²) in [6.45, 7) is 2.10. The first-order valence-corrected chi connectivity index (χ1v) is 9.97. The van der Waals surface area contributed by atoms with Crippen molar-refractivity contribution in [2.75, 3.05) is 11.5 Å². The highest BCUT2D eigenvalue weighted by Crippen LogP contribution is 2.44. The first-order valence-electron chi connectivity index (χ1n) is 9.09. The van der Waals surface area contributed by atoms with Crippen LogP contribution in [0.5, 0.6) is 11.5 Å². The van der Waals surface area contributed by atoms with Crippen molar-refractivity contribution in [2.24, 2.45) is 0 Å². The summed E-state index contributed by atoms with van der Waals surface area (Å²) < 4.78 is 5.46. The quantitative estimate of drug-likeness (QED) is 0.368. The van der Waals surface area contributed by atoms with Gasteiger partial charge >= 0.3 is 5.91 Å². The second-order valence-electron chi connectivity index (χ2n) is 6.38. The van der Waals surface area contributed by atoms with Gasteiger partial charge in [-0.15, -0.1) is 11.3 Å². The number of Topliss-reactive ketones (excluding diaryl/α,β-unsaturated/α-hetero) is 1. The number of ether oxygens (including phenoxy) is 1. The predicted molar refractivity (Wildman–Crippen MR) is 110 cm³/mol. The molecular weight excluding hydrogens is 406 g/mol. The fourth-order valence-corrected chi connectivity index (χ4v) is 3.98. The van der Waals surface area contributed by atoms with E-state index >= 15 is 0 Å². The van der Waals surface area contributed by atoms with E-state index in [4.69, 9.17) is 4.74 Å². The molecule has 1 fully saturated rings. The molecule has 2 aromatic heterocycles. The number of phenols is 1. The minimum absolute atomic E-state index is 0.0686. The molecule has 30 heavy (non-hydrogen) atoms. The van der Waals surface area contributed by atoms with Crippen LogP contribution < -0.4 is 9.64 Å². The number of amides is 1. The summed E-state index contributed by atoms with van der Waals surface area (Å²) in [6, 6.07) is 6.71. The van der Waals surface area contributed by atoms with Gasteiger partial charge in [0.15, 0.2) is 16.6 Å². The van der Waals surface area contributed by atoms with Crippen molar-refractivity contribution in [1.82, 2.24) is 9.97 Å². The van der Waals surface area contributed by atoms with Crippen LogP contribution in [0.1, 0.15) is 24.1 Å². The molecule has 1 aliphatic heterocycles. The van der Waals surface area contributed by atoms with E-state index in [9.17, 15) is 19.8 Å². The Bertz CT molecular complexity index is 1130. The van der Waals surface area contributed by atoms with Crippen molar-refractivity contribution >= 4 is 33.9 Å². The van der Waals surface area contributed by atoms with Crippen molar-refractivity contribution in [3.8, 4) is 11.5 Å². The third-order valence-electron chi connectivity index (χ3n) is 4.62. The molecular formula is C21H17N3O5S. The minimum Gasteiger partial charge on any atom is -0.507 e. The van der Waals surface area contributed by atoms with Crippen LogP contribution in [0.15, 0.2) is 59.9 Å². The van der Waals surface area contributed by atoms with Gasteiger partial charge in [-0.3, -0.25) is 19.5 Å². The van der Waals surface area contributed by atoms with Gasteiger partial charge in [0, 0.05) is 29.5 Å². The number of hydrogen-bond acceptors (Lipinski definition) is 8. The molecule has 1 aliphatic rings. The molecule has 1 unspecified atom stereocenters. The van der Waals surface area contributed by atoms with Gasteiger partial charge in [0.1, 0.15) is 5.76 Å². The summed E-state index contributed by atoms with van der Waals surface area (Å²) in [6.07, 6.45) is 4.49. The van der Waals surface area contributed by atoms with Crippen molar-refractivity contribution in [2.45, 2.75) is 13.0 Å². The fraction of sp³-hybridized carbons (Fsp3) is 0.143. The van der Waals surface area contributed by atoms with Gasteiger partial charge in [-0.1, -0.05) is 6.07 Å². The Kier molecular flexibility index (Phi) is 5.20. The number of carbonyl (C=O) groups excluding carboxylic acids is 2. The number of aliphatic hydroxyl groups is 1. The summed E-state index contributed by atoms with van der Waals surface area (Å²) in [5, 5.41) is 23.0. The van der Waals surface area contributed by atoms with Crippen LogP contribution in [-0.2, 0) is 9.59 Å². The van der Waals surface area contributed by atoms with Gasteiger partial charge in [-0.05, 0) is 36.8 Å². The zero-order valence-electron chi connectivity index (χ0n) is 15.8. The van der Waals surface area contributed by atoms with Crippen LogP contribution in [0.2, 0.25) is 0 Å². The van der Waals surface area contributed by atoms with Gasteiger partial charge in [-0.25, -0.2) is 4.98 Å². The minimum atomic E-state index is -0.941. The lowest BCUT2D eigenvalue weighted by Crippen LogP contribution is -2.29. The van der Waals surface area contributed by atoms with E-state index in [2.05, 4.69) is 9.97 Å². The maximum absolute atomic E-state index is 13.0. The molecule has 0 bridgehead atoms. The predicted octanol–water partition coefficient (Wildman–Crippen LogP) is 3.27. The Morgan fingerprint density at radius 3 is 2.63 bits per heavy atom. The number of hydrogen-bond donors (Lipinski definition) is 2.